The lowest BCUT2D eigenvalue weighted by molar-refractivity contribution is 0.327. The number of nitrogens with zero attached hydrogens (tertiary/aromatic N) is 2. The van der Waals surface area contributed by atoms with E-state index in [0.717, 1.165) is 11.6 Å². The number of anilines is 1. The average Bonchev–Trinajstić information content (AvgIpc) is 2.56. The first-order chi connectivity index (χ1) is 8.11. The third-order valence-electron chi connectivity index (χ3n) is 4.22. The van der Waals surface area contributed by atoms with E-state index in [1.807, 2.05) is 11.7 Å². The first kappa shape index (κ1) is 12.5. The summed E-state index contributed by atoms with van der Waals surface area (Å²) < 4.78 is 1.97. The van der Waals surface area contributed by atoms with Crippen LogP contribution in [0, 0.1) is 19.8 Å². The van der Waals surface area contributed by atoms with Crippen molar-refractivity contribution in [2.45, 2.75) is 58.9 Å². The van der Waals surface area contributed by atoms with Crippen LogP contribution in [0.2, 0.25) is 0 Å². The van der Waals surface area contributed by atoms with E-state index in [9.17, 15) is 0 Å². The van der Waals surface area contributed by atoms with Gasteiger partial charge in [-0.3, -0.25) is 4.68 Å². The second-order valence-electron chi connectivity index (χ2n) is 5.45. The third kappa shape index (κ3) is 2.64. The molecule has 2 unspecified atom stereocenters. The van der Waals surface area contributed by atoms with Gasteiger partial charge in [0.05, 0.1) is 17.1 Å². The number of rotatable bonds is 3. The minimum absolute atomic E-state index is 0.648. The predicted molar refractivity (Wildman–Crippen MR) is 72.3 cm³/mol. The van der Waals surface area contributed by atoms with Gasteiger partial charge in [-0.25, -0.2) is 0 Å². The fraction of sp³-hybridized carbons (Fsp3) is 0.786. The molecular formula is C14H25N3. The van der Waals surface area contributed by atoms with Gasteiger partial charge in [0, 0.05) is 13.1 Å². The van der Waals surface area contributed by atoms with Gasteiger partial charge in [-0.2, -0.15) is 5.10 Å². The van der Waals surface area contributed by atoms with Crippen molar-refractivity contribution in [2.75, 3.05) is 5.32 Å². The summed E-state index contributed by atoms with van der Waals surface area (Å²) in [6, 6.07) is 0.648. The number of aromatic nitrogens is 2. The molecule has 1 aliphatic carbocycles. The molecule has 17 heavy (non-hydrogen) atoms. The van der Waals surface area contributed by atoms with Gasteiger partial charge in [-0.15, -0.1) is 0 Å². The van der Waals surface area contributed by atoms with Crippen LogP contribution in [-0.2, 0) is 7.05 Å². The SMILES string of the molecule is CCC1CCCC(Nc2c(C)nn(C)c2C)C1. The van der Waals surface area contributed by atoms with E-state index in [4.69, 9.17) is 0 Å². The highest BCUT2D eigenvalue weighted by Gasteiger charge is 2.22. The molecule has 1 saturated carbocycles. The molecule has 1 aliphatic rings. The van der Waals surface area contributed by atoms with Gasteiger partial charge < -0.3 is 5.32 Å². The number of aryl methyl sites for hydroxylation is 2. The van der Waals surface area contributed by atoms with Crippen LogP contribution >= 0.6 is 0 Å². The van der Waals surface area contributed by atoms with Crippen LogP contribution in [0.1, 0.15) is 50.4 Å². The summed E-state index contributed by atoms with van der Waals surface area (Å²) in [5, 5.41) is 8.19. The minimum atomic E-state index is 0.648. The van der Waals surface area contributed by atoms with Gasteiger partial charge in [-0.1, -0.05) is 26.2 Å². The molecule has 1 N–H and O–H groups in total. The zero-order valence-electron chi connectivity index (χ0n) is 11.6. The number of hydrogen-bond donors (Lipinski definition) is 1. The molecule has 0 spiro atoms. The molecule has 96 valence electrons. The molecule has 0 saturated heterocycles. The Hall–Kier alpha value is -0.990. The monoisotopic (exact) mass is 235 g/mol. The second kappa shape index (κ2) is 5.11. The van der Waals surface area contributed by atoms with Gasteiger partial charge in [0.15, 0.2) is 0 Å². The van der Waals surface area contributed by atoms with E-state index >= 15 is 0 Å². The van der Waals surface area contributed by atoms with E-state index in [1.54, 1.807) is 0 Å². The summed E-state index contributed by atoms with van der Waals surface area (Å²) in [7, 11) is 2.02. The Bertz CT molecular complexity index is 381. The third-order valence-corrected chi connectivity index (χ3v) is 4.22. The Morgan fingerprint density at radius 3 is 2.71 bits per heavy atom. The number of hydrogen-bond acceptors (Lipinski definition) is 2. The Morgan fingerprint density at radius 2 is 2.12 bits per heavy atom. The van der Waals surface area contributed by atoms with Crippen LogP contribution < -0.4 is 5.32 Å². The zero-order chi connectivity index (χ0) is 12.4. The average molecular weight is 235 g/mol. The molecule has 0 radical (unpaired) electrons. The van der Waals surface area contributed by atoms with Crippen LogP contribution in [0.15, 0.2) is 0 Å². The lowest BCUT2D eigenvalue weighted by Gasteiger charge is -2.29. The van der Waals surface area contributed by atoms with Crippen molar-refractivity contribution in [3.8, 4) is 0 Å². The van der Waals surface area contributed by atoms with Crippen LogP contribution in [-0.4, -0.2) is 15.8 Å². The number of nitrogens with one attached hydrogen (secondary N) is 1. The zero-order valence-corrected chi connectivity index (χ0v) is 11.6. The lowest BCUT2D eigenvalue weighted by Crippen LogP contribution is -2.27. The summed E-state index contributed by atoms with van der Waals surface area (Å²) in [6.45, 7) is 6.55. The molecule has 1 heterocycles. The van der Waals surface area contributed by atoms with E-state index in [0.29, 0.717) is 6.04 Å². The van der Waals surface area contributed by atoms with E-state index in [2.05, 4.69) is 31.2 Å². The molecule has 0 amide bonds. The summed E-state index contributed by atoms with van der Waals surface area (Å²) in [6.07, 6.45) is 6.74. The highest BCUT2D eigenvalue weighted by molar-refractivity contribution is 5.52. The summed E-state index contributed by atoms with van der Waals surface area (Å²) in [5.74, 6) is 0.915. The molecule has 1 aromatic rings. The summed E-state index contributed by atoms with van der Waals surface area (Å²) in [5.41, 5.74) is 3.64. The van der Waals surface area contributed by atoms with Crippen molar-refractivity contribution >= 4 is 5.69 Å². The van der Waals surface area contributed by atoms with Gasteiger partial charge in [-0.05, 0) is 32.6 Å². The molecular weight excluding hydrogens is 210 g/mol. The fourth-order valence-corrected chi connectivity index (χ4v) is 2.98. The van der Waals surface area contributed by atoms with Crippen molar-refractivity contribution in [1.82, 2.24) is 9.78 Å². The van der Waals surface area contributed by atoms with Crippen molar-refractivity contribution in [3.63, 3.8) is 0 Å². The van der Waals surface area contributed by atoms with E-state index < -0.39 is 0 Å². The van der Waals surface area contributed by atoms with E-state index in [-0.39, 0.29) is 0 Å². The summed E-state index contributed by atoms with van der Waals surface area (Å²) in [4.78, 5) is 0. The van der Waals surface area contributed by atoms with Crippen molar-refractivity contribution in [3.05, 3.63) is 11.4 Å². The standard InChI is InChI=1S/C14H25N3/c1-5-12-7-6-8-13(9-12)15-14-10(2)16-17(4)11(14)3/h12-13,15H,5-9H2,1-4H3. The highest BCUT2D eigenvalue weighted by atomic mass is 15.3. The quantitative estimate of drug-likeness (QED) is 0.870. The molecule has 2 rings (SSSR count). The van der Waals surface area contributed by atoms with E-state index in [1.165, 1.54) is 43.5 Å². The lowest BCUT2D eigenvalue weighted by atomic mass is 9.84. The van der Waals surface area contributed by atoms with Gasteiger partial charge in [0.1, 0.15) is 0 Å². The topological polar surface area (TPSA) is 29.9 Å². The molecule has 3 nitrogen and oxygen atoms in total. The molecule has 0 bridgehead atoms. The van der Waals surface area contributed by atoms with Crippen LogP contribution in [0.25, 0.3) is 0 Å². The second-order valence-corrected chi connectivity index (χ2v) is 5.45. The van der Waals surface area contributed by atoms with Gasteiger partial charge in [0.2, 0.25) is 0 Å². The van der Waals surface area contributed by atoms with Crippen LogP contribution in [0.5, 0.6) is 0 Å². The highest BCUT2D eigenvalue weighted by Crippen LogP contribution is 2.30. The predicted octanol–water partition coefficient (Wildman–Crippen LogP) is 3.42. The normalized spacial score (nSPS) is 24.9. The van der Waals surface area contributed by atoms with Gasteiger partial charge >= 0.3 is 0 Å². The van der Waals surface area contributed by atoms with Crippen molar-refractivity contribution in [1.29, 1.82) is 0 Å². The first-order valence-corrected chi connectivity index (χ1v) is 6.88. The first-order valence-electron chi connectivity index (χ1n) is 6.88. The fourth-order valence-electron chi connectivity index (χ4n) is 2.98. The Kier molecular flexibility index (Phi) is 3.75. The minimum Gasteiger partial charge on any atom is -0.379 e. The van der Waals surface area contributed by atoms with Gasteiger partial charge in [0.25, 0.3) is 0 Å². The Morgan fingerprint density at radius 1 is 1.35 bits per heavy atom. The van der Waals surface area contributed by atoms with Crippen LogP contribution in [0.4, 0.5) is 5.69 Å². The summed E-state index contributed by atoms with van der Waals surface area (Å²) >= 11 is 0. The smallest absolute Gasteiger partial charge is 0.0827 e. The van der Waals surface area contributed by atoms with Crippen molar-refractivity contribution in [2.24, 2.45) is 13.0 Å². The van der Waals surface area contributed by atoms with Crippen molar-refractivity contribution < 1.29 is 0 Å². The maximum atomic E-state index is 4.47. The molecule has 1 aromatic heterocycles. The largest absolute Gasteiger partial charge is 0.379 e. The Labute approximate surface area is 105 Å². The maximum absolute atomic E-state index is 4.47. The molecule has 1 fully saturated rings. The molecule has 0 aromatic carbocycles. The van der Waals surface area contributed by atoms with Crippen LogP contribution in [0.3, 0.4) is 0 Å². The molecule has 3 heteroatoms. The maximum Gasteiger partial charge on any atom is 0.0827 e. The Balaban J connectivity index is 2.05. The molecule has 0 aliphatic heterocycles. The molecule has 2 atom stereocenters.